The molecular weight excluding hydrogens is 805 g/mol. The van der Waals surface area contributed by atoms with Gasteiger partial charge < -0.3 is 14.5 Å². The van der Waals surface area contributed by atoms with Crippen molar-refractivity contribution in [3.8, 4) is 17.3 Å². The van der Waals surface area contributed by atoms with Gasteiger partial charge in [0.2, 0.25) is 0 Å². The molecular formula is C61H74N4O. The maximum Gasteiger partial charge on any atom is 0.137 e. The van der Waals surface area contributed by atoms with Crippen LogP contribution in [0.1, 0.15) is 146 Å². The predicted molar refractivity (Wildman–Crippen MR) is 282 cm³/mol. The molecule has 0 saturated heterocycles. The summed E-state index contributed by atoms with van der Waals surface area (Å²) in [6, 6.07) is 44.7. The lowest BCUT2D eigenvalue weighted by Crippen LogP contribution is -2.32. The molecule has 0 radical (unpaired) electrons. The molecule has 1 aliphatic heterocycles. The third-order valence-electron chi connectivity index (χ3n) is 13.6. The maximum atomic E-state index is 6.91. The summed E-state index contributed by atoms with van der Waals surface area (Å²) >= 11 is 0. The Bertz CT molecular complexity index is 2970. The van der Waals surface area contributed by atoms with E-state index < -0.39 is 0 Å². The van der Waals surface area contributed by atoms with Crippen LogP contribution in [0.2, 0.25) is 0 Å². The third-order valence-corrected chi connectivity index (χ3v) is 13.6. The van der Waals surface area contributed by atoms with Crippen LogP contribution in [0.25, 0.3) is 27.6 Å². The Hall–Kier alpha value is -5.81. The minimum Gasteiger partial charge on any atom is -0.457 e. The second-order valence-electron chi connectivity index (χ2n) is 24.5. The van der Waals surface area contributed by atoms with Crippen LogP contribution in [0.3, 0.4) is 0 Å². The van der Waals surface area contributed by atoms with Crippen LogP contribution in [-0.4, -0.2) is 16.2 Å². The van der Waals surface area contributed by atoms with Crippen molar-refractivity contribution in [3.05, 3.63) is 167 Å². The molecule has 8 rings (SSSR count). The molecule has 344 valence electrons. The fourth-order valence-electron chi connectivity index (χ4n) is 9.70. The first-order valence-corrected chi connectivity index (χ1v) is 24.0. The van der Waals surface area contributed by atoms with Crippen molar-refractivity contribution in [1.82, 2.24) is 9.55 Å². The number of hydrogen-bond acceptors (Lipinski definition) is 4. The monoisotopic (exact) mass is 879 g/mol. The number of allylic oxidation sites excluding steroid dienone is 2. The Morgan fingerprint density at radius 3 is 1.62 bits per heavy atom. The zero-order valence-electron chi connectivity index (χ0n) is 43.0. The van der Waals surface area contributed by atoms with Crippen molar-refractivity contribution in [2.75, 3.05) is 16.5 Å². The van der Waals surface area contributed by atoms with E-state index >= 15 is 0 Å². The second kappa shape index (κ2) is 16.2. The number of anilines is 2. The lowest BCUT2D eigenvalue weighted by molar-refractivity contribution is 0.444. The molecule has 66 heavy (non-hydrogen) atoms. The summed E-state index contributed by atoms with van der Waals surface area (Å²) in [6.45, 7) is 40.1. The Labute approximate surface area is 396 Å². The van der Waals surface area contributed by atoms with E-state index in [-0.39, 0.29) is 32.5 Å². The first-order chi connectivity index (χ1) is 30.6. The lowest BCUT2D eigenvalue weighted by atomic mass is 9.75. The summed E-state index contributed by atoms with van der Waals surface area (Å²) in [4.78, 5) is 10.1. The van der Waals surface area contributed by atoms with Gasteiger partial charge >= 0.3 is 0 Å². The Balaban J connectivity index is 1.23. The molecule has 0 bridgehead atoms. The van der Waals surface area contributed by atoms with E-state index in [0.717, 1.165) is 34.0 Å². The number of ether oxygens (including phenoxy) is 1. The third kappa shape index (κ3) is 8.91. The molecule has 0 amide bonds. The molecule has 1 aliphatic rings. The number of rotatable bonds is 7. The van der Waals surface area contributed by atoms with Crippen molar-refractivity contribution < 1.29 is 4.74 Å². The van der Waals surface area contributed by atoms with E-state index in [9.17, 15) is 0 Å². The first kappa shape index (κ1) is 46.7. The molecule has 2 aromatic heterocycles. The van der Waals surface area contributed by atoms with E-state index in [1.54, 1.807) is 0 Å². The standard InChI is InChI=1S/C61H74N4O/c1-56(2,3)41-26-29-51-50(35-41)49-28-27-48(38-52(49)65(51)53-36-42(30-31-62-53)57(4,5)6)66-47-25-21-24-45(37-47)63-39-64(55(60(13,14)15)54(63)59(10,11)12)46-33-43(58(7,8)9)32-44(34-46)61(16,17)40-22-19-18-20-23-40/h18-38H,39H2,1-17H3. The molecule has 0 atom stereocenters. The molecule has 3 heterocycles. The van der Waals surface area contributed by atoms with Crippen molar-refractivity contribution in [1.29, 1.82) is 0 Å². The average molecular weight is 879 g/mol. The van der Waals surface area contributed by atoms with Crippen LogP contribution in [-0.2, 0) is 21.7 Å². The number of nitrogens with zero attached hydrogens (tertiary/aromatic N) is 4. The van der Waals surface area contributed by atoms with E-state index in [1.807, 2.05) is 6.20 Å². The Morgan fingerprint density at radius 2 is 1.00 bits per heavy atom. The summed E-state index contributed by atoms with van der Waals surface area (Å²) in [5.74, 6) is 2.48. The maximum absolute atomic E-state index is 6.91. The predicted octanol–water partition coefficient (Wildman–Crippen LogP) is 16.8. The van der Waals surface area contributed by atoms with Gasteiger partial charge in [-0.05, 0) is 105 Å². The fraction of sp³-hybridized carbons (Fsp3) is 0.393. The van der Waals surface area contributed by atoms with Gasteiger partial charge in [0.05, 0.1) is 17.7 Å². The van der Waals surface area contributed by atoms with Gasteiger partial charge in [0.1, 0.15) is 17.3 Å². The zero-order chi connectivity index (χ0) is 47.9. The highest BCUT2D eigenvalue weighted by Crippen LogP contribution is 2.50. The summed E-state index contributed by atoms with van der Waals surface area (Å²) in [6.07, 6.45) is 1.94. The quantitative estimate of drug-likeness (QED) is 0.160. The van der Waals surface area contributed by atoms with E-state index in [4.69, 9.17) is 9.72 Å². The van der Waals surface area contributed by atoms with Crippen molar-refractivity contribution in [2.24, 2.45) is 10.8 Å². The van der Waals surface area contributed by atoms with Crippen LogP contribution in [0.5, 0.6) is 11.5 Å². The fourth-order valence-corrected chi connectivity index (χ4v) is 9.70. The summed E-state index contributed by atoms with van der Waals surface area (Å²) in [5, 5.41) is 2.39. The highest BCUT2D eigenvalue weighted by Gasteiger charge is 2.42. The number of aromatic nitrogens is 2. The van der Waals surface area contributed by atoms with Gasteiger partial charge in [-0.25, -0.2) is 4.98 Å². The number of benzene rings is 5. The highest BCUT2D eigenvalue weighted by atomic mass is 16.5. The lowest BCUT2D eigenvalue weighted by Gasteiger charge is -2.35. The number of fused-ring (bicyclic) bond motifs is 3. The Morgan fingerprint density at radius 1 is 0.409 bits per heavy atom. The van der Waals surface area contributed by atoms with Gasteiger partial charge in [0, 0.05) is 68.1 Å². The second-order valence-corrected chi connectivity index (χ2v) is 24.5. The summed E-state index contributed by atoms with van der Waals surface area (Å²) in [7, 11) is 0. The number of hydrogen-bond donors (Lipinski definition) is 0. The topological polar surface area (TPSA) is 33.5 Å². The van der Waals surface area contributed by atoms with E-state index in [1.165, 1.54) is 55.7 Å². The van der Waals surface area contributed by atoms with E-state index in [0.29, 0.717) is 6.67 Å². The smallest absolute Gasteiger partial charge is 0.137 e. The molecule has 0 spiro atoms. The van der Waals surface area contributed by atoms with Gasteiger partial charge in [-0.15, -0.1) is 0 Å². The van der Waals surface area contributed by atoms with Crippen LogP contribution in [0, 0.1) is 10.8 Å². The highest BCUT2D eigenvalue weighted by molar-refractivity contribution is 6.09. The van der Waals surface area contributed by atoms with Crippen molar-refractivity contribution >= 4 is 33.2 Å². The van der Waals surface area contributed by atoms with Crippen molar-refractivity contribution in [3.63, 3.8) is 0 Å². The molecule has 5 heteroatoms. The van der Waals surface area contributed by atoms with Gasteiger partial charge in [-0.1, -0.05) is 166 Å². The minimum absolute atomic E-state index is 0.0157. The molecule has 5 aromatic carbocycles. The van der Waals surface area contributed by atoms with Crippen LogP contribution in [0.15, 0.2) is 139 Å². The molecule has 0 saturated carbocycles. The van der Waals surface area contributed by atoms with Gasteiger partial charge in [-0.3, -0.25) is 4.57 Å². The van der Waals surface area contributed by atoms with Crippen molar-refractivity contribution in [2.45, 2.75) is 139 Å². The first-order valence-electron chi connectivity index (χ1n) is 24.0. The molecule has 5 nitrogen and oxygen atoms in total. The van der Waals surface area contributed by atoms with Crippen LogP contribution < -0.4 is 14.5 Å². The SMILES string of the molecule is CC(C)(C)C1=C(C(C)(C)C)N(c2cc(C(C)(C)C)cc(C(C)(C)c3ccccc3)c2)CN1c1cccc(Oc2ccc3c4cc(C(C)(C)C)ccc4n(-c4cc(C(C)(C)C)ccn4)c3c2)c1. The summed E-state index contributed by atoms with van der Waals surface area (Å²) in [5.41, 5.74) is 13.2. The van der Waals surface area contributed by atoms with Crippen LogP contribution >= 0.6 is 0 Å². The normalized spacial score (nSPS) is 14.6. The zero-order valence-corrected chi connectivity index (χ0v) is 43.0. The minimum atomic E-state index is -0.194. The van der Waals surface area contributed by atoms with Crippen LogP contribution in [0.4, 0.5) is 11.4 Å². The molecule has 7 aromatic rings. The summed E-state index contributed by atoms with van der Waals surface area (Å²) < 4.78 is 9.22. The van der Waals surface area contributed by atoms with Gasteiger partial charge in [-0.2, -0.15) is 0 Å². The molecule has 0 aliphatic carbocycles. The molecule has 0 fully saturated rings. The Kier molecular flexibility index (Phi) is 11.5. The van der Waals surface area contributed by atoms with Gasteiger partial charge in [0.15, 0.2) is 0 Å². The van der Waals surface area contributed by atoms with E-state index in [2.05, 4.69) is 253 Å². The van der Waals surface area contributed by atoms with Gasteiger partial charge in [0.25, 0.3) is 0 Å². The number of pyridine rings is 1. The molecule has 0 unspecified atom stereocenters. The largest absolute Gasteiger partial charge is 0.457 e. The average Bonchev–Trinajstić information content (AvgIpc) is 3.81. The molecule has 0 N–H and O–H groups in total.